The first-order chi connectivity index (χ1) is 14.5. The Morgan fingerprint density at radius 3 is 2.53 bits per heavy atom. The Kier molecular flexibility index (Phi) is 5.52. The molecule has 0 atom stereocenters. The molecule has 2 aromatic carbocycles. The van der Waals surface area contributed by atoms with E-state index in [1.165, 1.54) is 23.1 Å². The molecule has 1 aliphatic heterocycles. The Morgan fingerprint density at radius 1 is 1.03 bits per heavy atom. The highest BCUT2D eigenvalue weighted by atomic mass is 32.2. The van der Waals surface area contributed by atoms with Gasteiger partial charge in [-0.25, -0.2) is 4.98 Å². The number of hydrogen-bond donors (Lipinski definition) is 0. The number of thioether (sulfide) groups is 1. The van der Waals surface area contributed by atoms with Gasteiger partial charge in [0.15, 0.2) is 5.17 Å². The Bertz CT molecular complexity index is 1300. The van der Waals surface area contributed by atoms with Crippen molar-refractivity contribution in [2.24, 2.45) is 4.40 Å². The van der Waals surface area contributed by atoms with Gasteiger partial charge in [-0.1, -0.05) is 48.5 Å². The number of para-hydroxylation sites is 1. The van der Waals surface area contributed by atoms with Crippen LogP contribution in [-0.4, -0.2) is 35.9 Å². The van der Waals surface area contributed by atoms with E-state index in [1.54, 1.807) is 24.3 Å². The summed E-state index contributed by atoms with van der Waals surface area (Å²) in [5.74, 6) is -0.336. The summed E-state index contributed by atoms with van der Waals surface area (Å²) in [6.07, 6.45) is 3.17. The lowest BCUT2D eigenvalue weighted by molar-refractivity contribution is -0.121. The predicted molar refractivity (Wildman–Crippen MR) is 120 cm³/mol. The van der Waals surface area contributed by atoms with E-state index in [2.05, 4.69) is 16.0 Å². The molecule has 150 valence electrons. The largest absolute Gasteiger partial charge is 0.284 e. The van der Waals surface area contributed by atoms with Crippen LogP contribution >= 0.6 is 11.8 Å². The Hall–Kier alpha value is -3.23. The molecule has 30 heavy (non-hydrogen) atoms. The summed E-state index contributed by atoms with van der Waals surface area (Å²) in [6, 6.07) is 19.3. The highest BCUT2D eigenvalue weighted by molar-refractivity contribution is 8.19. The summed E-state index contributed by atoms with van der Waals surface area (Å²) < 4.78 is 29.2. The maximum absolute atomic E-state index is 12.9. The van der Waals surface area contributed by atoms with Crippen molar-refractivity contribution in [3.05, 3.63) is 90.0 Å². The second-order valence-electron chi connectivity index (χ2n) is 6.41. The van der Waals surface area contributed by atoms with Crippen LogP contribution in [0.4, 0.5) is 0 Å². The third-order valence-corrected chi connectivity index (χ3v) is 6.74. The minimum absolute atomic E-state index is 0.0673. The number of carbonyl (C=O) groups is 1. The standard InChI is InChI=1S/C22H17N3O3S2/c1-2-14-25-21(26)20(15-17-13-12-16-8-6-7-11-19(16)23-17)29-22(25)24-30(27,28)18-9-4-3-5-10-18/h2-13,15H,1,14H2/b20-15-,24-22-. The van der Waals surface area contributed by atoms with Gasteiger partial charge in [0.2, 0.25) is 0 Å². The molecule has 0 spiro atoms. The van der Waals surface area contributed by atoms with Crippen LogP contribution in [0.5, 0.6) is 0 Å². The Morgan fingerprint density at radius 2 is 1.77 bits per heavy atom. The van der Waals surface area contributed by atoms with Gasteiger partial charge < -0.3 is 0 Å². The molecule has 2 heterocycles. The molecule has 6 nitrogen and oxygen atoms in total. The van der Waals surface area contributed by atoms with Gasteiger partial charge in [-0.2, -0.15) is 8.42 Å². The maximum atomic E-state index is 12.9. The SMILES string of the molecule is C=CCN1C(=O)/C(=C/c2ccc3ccccc3n2)S/C1=N\S(=O)(=O)c1ccccc1. The van der Waals surface area contributed by atoms with Crippen molar-refractivity contribution < 1.29 is 13.2 Å². The van der Waals surface area contributed by atoms with Gasteiger partial charge in [0.25, 0.3) is 15.9 Å². The van der Waals surface area contributed by atoms with Gasteiger partial charge in [-0.3, -0.25) is 9.69 Å². The summed E-state index contributed by atoms with van der Waals surface area (Å²) in [6.45, 7) is 3.80. The average Bonchev–Trinajstić information content (AvgIpc) is 3.03. The molecule has 1 aromatic heterocycles. The monoisotopic (exact) mass is 435 g/mol. The van der Waals surface area contributed by atoms with Gasteiger partial charge in [0.05, 0.1) is 21.0 Å². The number of fused-ring (bicyclic) bond motifs is 1. The van der Waals surface area contributed by atoms with E-state index in [1.807, 2.05) is 36.4 Å². The molecule has 1 amide bonds. The molecule has 3 aromatic rings. The first-order valence-electron chi connectivity index (χ1n) is 9.06. The third-order valence-electron chi connectivity index (χ3n) is 4.34. The lowest BCUT2D eigenvalue weighted by Crippen LogP contribution is -2.29. The van der Waals surface area contributed by atoms with E-state index >= 15 is 0 Å². The summed E-state index contributed by atoms with van der Waals surface area (Å²) in [5, 5.41) is 1.09. The second-order valence-corrected chi connectivity index (χ2v) is 9.02. The average molecular weight is 436 g/mol. The van der Waals surface area contributed by atoms with E-state index < -0.39 is 10.0 Å². The number of nitrogens with zero attached hydrogens (tertiary/aromatic N) is 3. The fourth-order valence-electron chi connectivity index (χ4n) is 2.91. The lowest BCUT2D eigenvalue weighted by Gasteiger charge is -2.12. The van der Waals surface area contributed by atoms with E-state index in [0.717, 1.165) is 22.7 Å². The van der Waals surface area contributed by atoms with Crippen molar-refractivity contribution in [1.82, 2.24) is 9.88 Å². The van der Waals surface area contributed by atoms with Crippen molar-refractivity contribution in [3.63, 3.8) is 0 Å². The van der Waals surface area contributed by atoms with Gasteiger partial charge in [0.1, 0.15) is 0 Å². The molecule has 0 radical (unpaired) electrons. The zero-order chi connectivity index (χ0) is 21.1. The zero-order valence-electron chi connectivity index (χ0n) is 15.8. The van der Waals surface area contributed by atoms with Crippen LogP contribution in [0.2, 0.25) is 0 Å². The number of rotatable bonds is 5. The summed E-state index contributed by atoms with van der Waals surface area (Å²) in [5.41, 5.74) is 1.42. The highest BCUT2D eigenvalue weighted by Gasteiger charge is 2.34. The van der Waals surface area contributed by atoms with Crippen LogP contribution in [0.3, 0.4) is 0 Å². The quantitative estimate of drug-likeness (QED) is 0.446. The van der Waals surface area contributed by atoms with Crippen molar-refractivity contribution in [2.45, 2.75) is 4.90 Å². The number of amidine groups is 1. The molecule has 4 rings (SSSR count). The van der Waals surface area contributed by atoms with Crippen molar-refractivity contribution in [1.29, 1.82) is 0 Å². The molecule has 1 saturated heterocycles. The molecule has 0 aliphatic carbocycles. The van der Waals surface area contributed by atoms with Gasteiger partial charge in [-0.15, -0.1) is 11.0 Å². The van der Waals surface area contributed by atoms with E-state index in [9.17, 15) is 13.2 Å². The first kappa shape index (κ1) is 20.1. The van der Waals surface area contributed by atoms with Gasteiger partial charge in [0, 0.05) is 11.9 Å². The second kappa shape index (κ2) is 8.25. The fourth-order valence-corrected chi connectivity index (χ4v) is 5.11. The number of pyridine rings is 1. The van der Waals surface area contributed by atoms with Crippen molar-refractivity contribution in [3.8, 4) is 0 Å². The fraction of sp³-hybridized carbons (Fsp3) is 0.0455. The van der Waals surface area contributed by atoms with Crippen LogP contribution < -0.4 is 0 Å². The summed E-state index contributed by atoms with van der Waals surface area (Å²) in [4.78, 5) is 19.1. The lowest BCUT2D eigenvalue weighted by atomic mass is 10.2. The number of amides is 1. The summed E-state index contributed by atoms with van der Waals surface area (Å²) in [7, 11) is -3.95. The van der Waals surface area contributed by atoms with Gasteiger partial charge in [-0.05, 0) is 42.1 Å². The summed E-state index contributed by atoms with van der Waals surface area (Å²) >= 11 is 1.01. The zero-order valence-corrected chi connectivity index (χ0v) is 17.4. The number of sulfonamides is 1. The highest BCUT2D eigenvalue weighted by Crippen LogP contribution is 2.33. The first-order valence-corrected chi connectivity index (χ1v) is 11.3. The molecule has 0 saturated carbocycles. The topological polar surface area (TPSA) is 79.7 Å². The normalized spacial score (nSPS) is 17.2. The maximum Gasteiger partial charge on any atom is 0.284 e. The molecular weight excluding hydrogens is 418 g/mol. The Labute approximate surface area is 178 Å². The van der Waals surface area contributed by atoms with Crippen LogP contribution in [-0.2, 0) is 14.8 Å². The molecule has 1 fully saturated rings. The Balaban J connectivity index is 1.72. The van der Waals surface area contributed by atoms with Crippen molar-refractivity contribution >= 4 is 49.8 Å². The number of aromatic nitrogens is 1. The van der Waals surface area contributed by atoms with Gasteiger partial charge >= 0.3 is 0 Å². The third kappa shape index (κ3) is 4.05. The smallest absolute Gasteiger partial charge is 0.282 e. The van der Waals surface area contributed by atoms with E-state index in [0.29, 0.717) is 10.6 Å². The number of benzene rings is 2. The van der Waals surface area contributed by atoms with Crippen LogP contribution in [0.15, 0.2) is 93.6 Å². The van der Waals surface area contributed by atoms with E-state index in [4.69, 9.17) is 0 Å². The number of hydrogen-bond acceptors (Lipinski definition) is 5. The molecule has 0 bridgehead atoms. The minimum atomic E-state index is -3.95. The van der Waals surface area contributed by atoms with Crippen LogP contribution in [0.1, 0.15) is 5.69 Å². The number of carbonyl (C=O) groups excluding carboxylic acids is 1. The van der Waals surface area contributed by atoms with Crippen molar-refractivity contribution in [2.75, 3.05) is 6.54 Å². The molecule has 1 aliphatic rings. The predicted octanol–water partition coefficient (Wildman–Crippen LogP) is 4.08. The minimum Gasteiger partial charge on any atom is -0.282 e. The van der Waals surface area contributed by atoms with Crippen LogP contribution in [0.25, 0.3) is 17.0 Å². The van der Waals surface area contributed by atoms with Crippen LogP contribution in [0, 0.1) is 0 Å². The molecular formula is C22H17N3O3S2. The molecule has 0 N–H and O–H groups in total. The molecule has 8 heteroatoms. The molecule has 0 unspecified atom stereocenters. The van der Waals surface area contributed by atoms with E-state index in [-0.39, 0.29) is 22.5 Å².